The lowest BCUT2D eigenvalue weighted by molar-refractivity contribution is -0.143. The third-order valence-electron chi connectivity index (χ3n) is 5.81. The second kappa shape index (κ2) is 11.9. The van der Waals surface area contributed by atoms with E-state index >= 15 is 0 Å². The molecule has 31 heavy (non-hydrogen) atoms. The molecule has 0 aromatic heterocycles. The maximum atomic E-state index is 11.5. The Kier molecular flexibility index (Phi) is 9.62. The van der Waals surface area contributed by atoms with Crippen LogP contribution in [0.25, 0.3) is 0 Å². The van der Waals surface area contributed by atoms with Crippen LogP contribution in [0.3, 0.4) is 0 Å². The first-order chi connectivity index (χ1) is 14.6. The lowest BCUT2D eigenvalue weighted by atomic mass is 9.94. The molecule has 2 fully saturated rings. The van der Waals surface area contributed by atoms with Gasteiger partial charge in [0, 0.05) is 51.4 Å². The second-order valence-corrected chi connectivity index (χ2v) is 8.23. The summed E-state index contributed by atoms with van der Waals surface area (Å²) < 4.78 is 0. The van der Waals surface area contributed by atoms with Crippen molar-refractivity contribution in [2.45, 2.75) is 31.3 Å². The average molecular weight is 444 g/mol. The zero-order valence-electron chi connectivity index (χ0n) is 17.6. The van der Waals surface area contributed by atoms with E-state index in [0.717, 1.165) is 19.3 Å². The lowest BCUT2D eigenvalue weighted by Crippen LogP contribution is -2.58. The molecule has 4 N–H and O–H groups in total. The van der Waals surface area contributed by atoms with Crippen LogP contribution in [-0.4, -0.2) is 141 Å². The molecule has 0 aliphatic carbocycles. The molecule has 0 radical (unpaired) electrons. The number of hydrogen-bond acceptors (Lipinski definition) is 8. The Morgan fingerprint density at radius 3 is 1.32 bits per heavy atom. The molecule has 2 atom stereocenters. The first-order valence-electron chi connectivity index (χ1n) is 10.4. The Morgan fingerprint density at radius 2 is 0.935 bits per heavy atom. The van der Waals surface area contributed by atoms with E-state index in [9.17, 15) is 39.6 Å². The van der Waals surface area contributed by atoms with Gasteiger partial charge in [0.15, 0.2) is 0 Å². The van der Waals surface area contributed by atoms with Crippen LogP contribution in [0.5, 0.6) is 0 Å². The molecule has 0 saturated carbocycles. The minimum Gasteiger partial charge on any atom is -0.480 e. The van der Waals surface area contributed by atoms with Crippen LogP contribution >= 0.6 is 0 Å². The predicted molar refractivity (Wildman–Crippen MR) is 108 cm³/mol. The van der Waals surface area contributed by atoms with Gasteiger partial charge in [-0.3, -0.25) is 38.8 Å². The first-order valence-corrected chi connectivity index (χ1v) is 10.4. The van der Waals surface area contributed by atoms with Gasteiger partial charge in [-0.15, -0.1) is 0 Å². The van der Waals surface area contributed by atoms with Crippen molar-refractivity contribution in [3.8, 4) is 0 Å². The molecule has 0 aromatic carbocycles. The van der Waals surface area contributed by atoms with Gasteiger partial charge in [-0.1, -0.05) is 6.42 Å². The average Bonchev–Trinajstić information content (AvgIpc) is 2.63. The highest BCUT2D eigenvalue weighted by Crippen LogP contribution is 2.25. The van der Waals surface area contributed by atoms with Crippen molar-refractivity contribution in [2.24, 2.45) is 0 Å². The van der Waals surface area contributed by atoms with E-state index < -0.39 is 23.9 Å². The number of carboxylic acid groups (broad SMARTS) is 4. The minimum atomic E-state index is -1.01. The van der Waals surface area contributed by atoms with E-state index in [1.807, 2.05) is 4.90 Å². The maximum absolute atomic E-state index is 11.5. The molecule has 2 aliphatic heterocycles. The Balaban J connectivity index is 2.29. The van der Waals surface area contributed by atoms with Crippen molar-refractivity contribution in [2.75, 3.05) is 65.4 Å². The number of nitrogens with zero attached hydrogens (tertiary/aromatic N) is 4. The summed E-state index contributed by atoms with van der Waals surface area (Å²) in [5.41, 5.74) is 0. The normalized spacial score (nSPS) is 25.3. The molecule has 0 aromatic rings. The molecule has 2 saturated heterocycles. The molecule has 2 aliphatic rings. The SMILES string of the molecule is O=C(O)CN1CCN(CC(=O)O)CC2CCCC(CN(CC(=O)O)CC1)N2CC(=O)O. The van der Waals surface area contributed by atoms with E-state index in [4.69, 9.17) is 0 Å². The zero-order chi connectivity index (χ0) is 23.0. The topological polar surface area (TPSA) is 162 Å². The number of piperidine rings is 1. The van der Waals surface area contributed by atoms with Crippen molar-refractivity contribution >= 4 is 23.9 Å². The van der Waals surface area contributed by atoms with Crippen LogP contribution in [0, 0.1) is 0 Å². The van der Waals surface area contributed by atoms with E-state index in [1.54, 1.807) is 14.7 Å². The van der Waals surface area contributed by atoms with Gasteiger partial charge < -0.3 is 20.4 Å². The molecule has 2 heterocycles. The van der Waals surface area contributed by atoms with Gasteiger partial charge in [-0.05, 0) is 12.8 Å². The van der Waals surface area contributed by atoms with Gasteiger partial charge in [-0.25, -0.2) is 0 Å². The standard InChI is InChI=1S/C19H32N4O8/c24-16(25)10-20-4-6-21(11-17(26)27)8-14-2-1-3-15(23(14)13-19(30)31)9-22(7-5-20)12-18(28)29/h14-15H,1-13H2,(H,24,25)(H,26,27)(H,28,29)(H,30,31). The Morgan fingerprint density at radius 1 is 0.581 bits per heavy atom. The van der Waals surface area contributed by atoms with E-state index in [2.05, 4.69) is 0 Å². The number of hydrogen-bond donors (Lipinski definition) is 4. The third kappa shape index (κ3) is 8.77. The summed E-state index contributed by atoms with van der Waals surface area (Å²) in [7, 11) is 0. The molecule has 12 heteroatoms. The van der Waals surface area contributed by atoms with Gasteiger partial charge in [0.25, 0.3) is 0 Å². The minimum absolute atomic E-state index is 0.173. The Labute approximate surface area is 180 Å². The van der Waals surface area contributed by atoms with E-state index in [0.29, 0.717) is 39.3 Å². The van der Waals surface area contributed by atoms with Crippen molar-refractivity contribution < 1.29 is 39.6 Å². The fourth-order valence-electron chi connectivity index (χ4n) is 4.50. The molecular formula is C19H32N4O8. The summed E-state index contributed by atoms with van der Waals surface area (Å²) in [6.07, 6.45) is 2.29. The maximum Gasteiger partial charge on any atom is 0.317 e. The molecule has 2 rings (SSSR count). The van der Waals surface area contributed by atoms with Crippen LogP contribution in [0.2, 0.25) is 0 Å². The predicted octanol–water partition coefficient (Wildman–Crippen LogP) is -1.53. The van der Waals surface area contributed by atoms with Crippen LogP contribution in [-0.2, 0) is 19.2 Å². The number of carbonyl (C=O) groups is 4. The molecule has 0 amide bonds. The largest absolute Gasteiger partial charge is 0.480 e. The highest BCUT2D eigenvalue weighted by Gasteiger charge is 2.35. The number of aliphatic carboxylic acids is 4. The van der Waals surface area contributed by atoms with Crippen LogP contribution in [0.15, 0.2) is 0 Å². The summed E-state index contributed by atoms with van der Waals surface area (Å²) in [6.45, 7) is 1.14. The molecule has 176 valence electrons. The van der Waals surface area contributed by atoms with Crippen molar-refractivity contribution in [3.63, 3.8) is 0 Å². The number of fused-ring (bicyclic) bond motifs is 2. The molecular weight excluding hydrogens is 412 g/mol. The highest BCUT2D eigenvalue weighted by atomic mass is 16.4. The van der Waals surface area contributed by atoms with Crippen molar-refractivity contribution in [1.29, 1.82) is 0 Å². The Hall–Kier alpha value is -2.28. The van der Waals surface area contributed by atoms with E-state index in [-0.39, 0.29) is 38.3 Å². The van der Waals surface area contributed by atoms with Crippen molar-refractivity contribution in [1.82, 2.24) is 19.6 Å². The zero-order valence-corrected chi connectivity index (χ0v) is 17.6. The summed E-state index contributed by atoms with van der Waals surface area (Å²) in [6, 6.07) is -0.346. The van der Waals surface area contributed by atoms with Gasteiger partial charge in [0.05, 0.1) is 26.2 Å². The number of rotatable bonds is 8. The monoisotopic (exact) mass is 444 g/mol. The second-order valence-electron chi connectivity index (χ2n) is 8.23. The first kappa shape index (κ1) is 25.0. The highest BCUT2D eigenvalue weighted by molar-refractivity contribution is 5.70. The quantitative estimate of drug-likeness (QED) is 0.342. The fourth-order valence-corrected chi connectivity index (χ4v) is 4.50. The number of carboxylic acids is 4. The summed E-state index contributed by atoms with van der Waals surface area (Å²) in [4.78, 5) is 52.5. The third-order valence-corrected chi connectivity index (χ3v) is 5.81. The fraction of sp³-hybridized carbons (Fsp3) is 0.789. The van der Waals surface area contributed by atoms with Gasteiger partial charge in [0.1, 0.15) is 0 Å². The Bertz CT molecular complexity index is 623. The molecule has 2 unspecified atom stereocenters. The molecule has 2 bridgehead atoms. The van der Waals surface area contributed by atoms with E-state index in [1.165, 1.54) is 0 Å². The lowest BCUT2D eigenvalue weighted by Gasteiger charge is -2.45. The van der Waals surface area contributed by atoms with Crippen LogP contribution in [0.1, 0.15) is 19.3 Å². The van der Waals surface area contributed by atoms with Crippen LogP contribution in [0.4, 0.5) is 0 Å². The summed E-state index contributed by atoms with van der Waals surface area (Å²) in [5, 5.41) is 37.2. The summed E-state index contributed by atoms with van der Waals surface area (Å²) >= 11 is 0. The van der Waals surface area contributed by atoms with Gasteiger partial charge >= 0.3 is 23.9 Å². The van der Waals surface area contributed by atoms with Gasteiger partial charge in [0.2, 0.25) is 0 Å². The van der Waals surface area contributed by atoms with Crippen molar-refractivity contribution in [3.05, 3.63) is 0 Å². The molecule has 0 spiro atoms. The smallest absolute Gasteiger partial charge is 0.317 e. The van der Waals surface area contributed by atoms with Crippen LogP contribution < -0.4 is 0 Å². The molecule has 12 nitrogen and oxygen atoms in total. The van der Waals surface area contributed by atoms with Gasteiger partial charge in [-0.2, -0.15) is 0 Å². The summed E-state index contributed by atoms with van der Waals surface area (Å²) in [5.74, 6) is -3.99.